The van der Waals surface area contributed by atoms with Crippen molar-refractivity contribution in [2.45, 2.75) is 6.54 Å². The number of rotatable bonds is 3. The van der Waals surface area contributed by atoms with Gasteiger partial charge >= 0.3 is 0 Å². The molecule has 0 aliphatic heterocycles. The van der Waals surface area contributed by atoms with Crippen LogP contribution in [0, 0.1) is 0 Å². The molecular formula is C19H11ClN4O3. The van der Waals surface area contributed by atoms with Crippen molar-refractivity contribution in [2.75, 3.05) is 0 Å². The van der Waals surface area contributed by atoms with Crippen LogP contribution in [0.4, 0.5) is 0 Å². The molecule has 3 heterocycles. The van der Waals surface area contributed by atoms with Crippen molar-refractivity contribution in [3.05, 3.63) is 76.1 Å². The van der Waals surface area contributed by atoms with Crippen molar-refractivity contribution >= 4 is 33.7 Å². The van der Waals surface area contributed by atoms with E-state index in [4.69, 9.17) is 20.4 Å². The van der Waals surface area contributed by atoms with E-state index in [0.29, 0.717) is 27.6 Å². The average Bonchev–Trinajstić information content (AvgIpc) is 3.29. The van der Waals surface area contributed by atoms with Crippen LogP contribution in [0.2, 0.25) is 5.02 Å². The zero-order valence-electron chi connectivity index (χ0n) is 13.8. The van der Waals surface area contributed by atoms with Crippen molar-refractivity contribution in [1.29, 1.82) is 0 Å². The van der Waals surface area contributed by atoms with Crippen LogP contribution in [0.15, 0.2) is 68.5 Å². The van der Waals surface area contributed by atoms with Gasteiger partial charge in [-0.05, 0) is 24.3 Å². The summed E-state index contributed by atoms with van der Waals surface area (Å²) in [6, 6.07) is 14.6. The van der Waals surface area contributed by atoms with Crippen molar-refractivity contribution in [2.24, 2.45) is 0 Å². The maximum absolute atomic E-state index is 12.8. The minimum absolute atomic E-state index is 0.0796. The standard InChI is InChI=1S/C19H11ClN4O3/c20-13-7-3-1-5-11(13)18-23-22-15(27-18)9-24-10-21-16-12-6-2-4-8-14(12)26-17(16)19(24)25/h1-8,10H,9H2. The van der Waals surface area contributed by atoms with Crippen LogP contribution >= 0.6 is 11.6 Å². The van der Waals surface area contributed by atoms with E-state index in [1.54, 1.807) is 18.2 Å². The van der Waals surface area contributed by atoms with Gasteiger partial charge in [-0.1, -0.05) is 35.9 Å². The number of hydrogen-bond acceptors (Lipinski definition) is 6. The molecule has 0 spiro atoms. The molecule has 2 aromatic carbocycles. The molecule has 132 valence electrons. The van der Waals surface area contributed by atoms with Crippen LogP contribution < -0.4 is 5.56 Å². The average molecular weight is 379 g/mol. The molecule has 7 nitrogen and oxygen atoms in total. The molecule has 0 saturated carbocycles. The van der Waals surface area contributed by atoms with E-state index < -0.39 is 0 Å². The smallest absolute Gasteiger partial charge is 0.297 e. The van der Waals surface area contributed by atoms with Crippen LogP contribution in [0.5, 0.6) is 0 Å². The molecule has 3 aromatic heterocycles. The summed E-state index contributed by atoms with van der Waals surface area (Å²) in [4.78, 5) is 17.1. The zero-order valence-corrected chi connectivity index (χ0v) is 14.6. The van der Waals surface area contributed by atoms with E-state index >= 15 is 0 Å². The van der Waals surface area contributed by atoms with Crippen molar-refractivity contribution in [1.82, 2.24) is 19.7 Å². The molecule has 0 atom stereocenters. The van der Waals surface area contributed by atoms with E-state index in [1.165, 1.54) is 10.9 Å². The molecule has 8 heteroatoms. The number of halogens is 1. The monoisotopic (exact) mass is 378 g/mol. The Morgan fingerprint density at radius 2 is 1.81 bits per heavy atom. The highest BCUT2D eigenvalue weighted by Crippen LogP contribution is 2.27. The fraction of sp³-hybridized carbons (Fsp3) is 0.0526. The maximum Gasteiger partial charge on any atom is 0.297 e. The summed E-state index contributed by atoms with van der Waals surface area (Å²) in [5.41, 5.74) is 1.68. The molecule has 27 heavy (non-hydrogen) atoms. The van der Waals surface area contributed by atoms with Gasteiger partial charge in [0.25, 0.3) is 5.56 Å². The Kier molecular flexibility index (Phi) is 3.54. The first-order valence-corrected chi connectivity index (χ1v) is 8.52. The highest BCUT2D eigenvalue weighted by atomic mass is 35.5. The van der Waals surface area contributed by atoms with E-state index in [-0.39, 0.29) is 23.6 Å². The number of hydrogen-bond donors (Lipinski definition) is 0. The second-order valence-corrected chi connectivity index (χ2v) is 6.34. The van der Waals surface area contributed by atoms with Gasteiger partial charge in [0.1, 0.15) is 17.6 Å². The van der Waals surface area contributed by atoms with Crippen LogP contribution in [-0.2, 0) is 6.54 Å². The van der Waals surface area contributed by atoms with Gasteiger partial charge in [0.2, 0.25) is 17.4 Å². The molecule has 0 N–H and O–H groups in total. The quantitative estimate of drug-likeness (QED) is 0.473. The molecule has 5 rings (SSSR count). The summed E-state index contributed by atoms with van der Waals surface area (Å²) in [6.07, 6.45) is 1.45. The number of fused-ring (bicyclic) bond motifs is 3. The van der Waals surface area contributed by atoms with Gasteiger partial charge in [-0.3, -0.25) is 9.36 Å². The Morgan fingerprint density at radius 3 is 2.70 bits per heavy atom. The van der Waals surface area contributed by atoms with Gasteiger partial charge in [-0.2, -0.15) is 0 Å². The third kappa shape index (κ3) is 2.60. The number of para-hydroxylation sites is 1. The van der Waals surface area contributed by atoms with Crippen molar-refractivity contribution in [3.63, 3.8) is 0 Å². The molecule has 5 aromatic rings. The number of nitrogens with zero attached hydrogens (tertiary/aromatic N) is 4. The molecule has 0 aliphatic carbocycles. The Balaban J connectivity index is 1.54. The molecular weight excluding hydrogens is 368 g/mol. The lowest BCUT2D eigenvalue weighted by Gasteiger charge is -2.01. The topological polar surface area (TPSA) is 87.0 Å². The lowest BCUT2D eigenvalue weighted by Crippen LogP contribution is -2.20. The van der Waals surface area contributed by atoms with Crippen molar-refractivity contribution in [3.8, 4) is 11.5 Å². The van der Waals surface area contributed by atoms with Gasteiger partial charge in [0.05, 0.1) is 16.9 Å². The first kappa shape index (κ1) is 15.8. The Morgan fingerprint density at radius 1 is 1.00 bits per heavy atom. The highest BCUT2D eigenvalue weighted by Gasteiger charge is 2.16. The van der Waals surface area contributed by atoms with Gasteiger partial charge in [0.15, 0.2) is 0 Å². The van der Waals surface area contributed by atoms with Gasteiger partial charge < -0.3 is 8.83 Å². The lowest BCUT2D eigenvalue weighted by atomic mass is 10.2. The molecule has 0 bridgehead atoms. The molecule has 0 radical (unpaired) electrons. The van der Waals surface area contributed by atoms with Crippen LogP contribution in [-0.4, -0.2) is 19.7 Å². The predicted molar refractivity (Wildman–Crippen MR) is 99.6 cm³/mol. The Hall–Kier alpha value is -3.45. The summed E-state index contributed by atoms with van der Waals surface area (Å²) in [5, 5.41) is 9.32. The van der Waals surface area contributed by atoms with E-state index in [0.717, 1.165) is 5.39 Å². The number of aromatic nitrogens is 4. The third-order valence-electron chi connectivity index (χ3n) is 4.23. The minimum Gasteiger partial charge on any atom is -0.448 e. The highest BCUT2D eigenvalue weighted by molar-refractivity contribution is 6.33. The number of furan rings is 1. The van der Waals surface area contributed by atoms with Crippen LogP contribution in [0.3, 0.4) is 0 Å². The van der Waals surface area contributed by atoms with Crippen molar-refractivity contribution < 1.29 is 8.83 Å². The van der Waals surface area contributed by atoms with E-state index in [9.17, 15) is 4.79 Å². The molecule has 0 aliphatic rings. The summed E-state index contributed by atoms with van der Waals surface area (Å²) < 4.78 is 12.7. The second kappa shape index (κ2) is 6.07. The Labute approximate surface area is 156 Å². The Bertz CT molecular complexity index is 1350. The molecule has 0 amide bonds. The van der Waals surface area contributed by atoms with Crippen LogP contribution in [0.1, 0.15) is 5.89 Å². The van der Waals surface area contributed by atoms with Gasteiger partial charge in [0, 0.05) is 5.39 Å². The largest absolute Gasteiger partial charge is 0.448 e. The molecule has 0 saturated heterocycles. The summed E-state index contributed by atoms with van der Waals surface area (Å²) in [6.45, 7) is 0.0796. The van der Waals surface area contributed by atoms with E-state index in [2.05, 4.69) is 15.2 Å². The normalized spacial score (nSPS) is 11.4. The van der Waals surface area contributed by atoms with Gasteiger partial charge in [-0.15, -0.1) is 10.2 Å². The van der Waals surface area contributed by atoms with Crippen LogP contribution in [0.25, 0.3) is 33.5 Å². The number of benzene rings is 2. The molecule has 0 unspecified atom stereocenters. The first-order chi connectivity index (χ1) is 13.2. The third-order valence-corrected chi connectivity index (χ3v) is 4.56. The fourth-order valence-corrected chi connectivity index (χ4v) is 3.15. The summed E-state index contributed by atoms with van der Waals surface area (Å²) in [7, 11) is 0. The second-order valence-electron chi connectivity index (χ2n) is 5.93. The fourth-order valence-electron chi connectivity index (χ4n) is 2.93. The first-order valence-electron chi connectivity index (χ1n) is 8.14. The maximum atomic E-state index is 12.8. The summed E-state index contributed by atoms with van der Waals surface area (Å²) in [5.74, 6) is 0.561. The van der Waals surface area contributed by atoms with E-state index in [1.807, 2.05) is 30.3 Å². The molecule has 0 fully saturated rings. The lowest BCUT2D eigenvalue weighted by molar-refractivity contribution is 0.482. The summed E-state index contributed by atoms with van der Waals surface area (Å²) >= 11 is 6.15. The minimum atomic E-state index is -0.311. The SMILES string of the molecule is O=c1c2oc3ccccc3c2ncn1Cc1nnc(-c2ccccc2Cl)o1. The predicted octanol–water partition coefficient (Wildman–Crippen LogP) is 3.89. The van der Waals surface area contributed by atoms with Gasteiger partial charge in [-0.25, -0.2) is 4.98 Å². The zero-order chi connectivity index (χ0) is 18.4.